The van der Waals surface area contributed by atoms with Crippen molar-refractivity contribution in [1.82, 2.24) is 10.2 Å². The molecule has 9 nitrogen and oxygen atoms in total. The lowest BCUT2D eigenvalue weighted by Gasteiger charge is -2.37. The van der Waals surface area contributed by atoms with Crippen molar-refractivity contribution in [3.8, 4) is 17.2 Å². The molecule has 2 amide bonds. The maximum atomic E-state index is 14.1. The van der Waals surface area contributed by atoms with Crippen LogP contribution in [-0.4, -0.2) is 55.6 Å². The normalized spacial score (nSPS) is 17.2. The summed E-state index contributed by atoms with van der Waals surface area (Å²) in [6.45, 7) is 16.7. The first-order valence-corrected chi connectivity index (χ1v) is 19.0. The van der Waals surface area contributed by atoms with Crippen LogP contribution in [0.1, 0.15) is 81.5 Å². The average molecular weight is 661 g/mol. The van der Waals surface area contributed by atoms with Crippen LogP contribution in [-0.2, 0) is 9.47 Å². The predicted molar refractivity (Wildman–Crippen MR) is 184 cm³/mol. The van der Waals surface area contributed by atoms with E-state index in [2.05, 4.69) is 39.2 Å². The maximum absolute atomic E-state index is 14.1. The summed E-state index contributed by atoms with van der Waals surface area (Å²) in [5, 5.41) is 2.98. The van der Waals surface area contributed by atoms with Crippen LogP contribution in [0.2, 0.25) is 18.1 Å². The van der Waals surface area contributed by atoms with Crippen LogP contribution in [0.5, 0.6) is 17.2 Å². The smallest absolute Gasteiger partial charge is 0.410 e. The number of nitrogens with one attached hydrogen (secondary N) is 1. The molecule has 0 bridgehead atoms. The van der Waals surface area contributed by atoms with Crippen molar-refractivity contribution in [2.24, 2.45) is 0 Å². The minimum Gasteiger partial charge on any atom is -0.543 e. The van der Waals surface area contributed by atoms with Gasteiger partial charge in [0.25, 0.3) is 14.2 Å². The first-order valence-electron chi connectivity index (χ1n) is 16.1. The van der Waals surface area contributed by atoms with Crippen LogP contribution >= 0.6 is 0 Å². The molecule has 0 radical (unpaired) electrons. The van der Waals surface area contributed by atoms with Gasteiger partial charge in [0.05, 0.1) is 11.1 Å². The summed E-state index contributed by atoms with van der Waals surface area (Å²) in [6, 6.07) is 23.1. The monoisotopic (exact) mass is 660 g/mol. The summed E-state index contributed by atoms with van der Waals surface area (Å²) in [6.07, 6.45) is 0.459. The van der Waals surface area contributed by atoms with Crippen LogP contribution in [0.3, 0.4) is 0 Å². The highest BCUT2D eigenvalue weighted by molar-refractivity contribution is 6.74. The SMILES string of the molecule is CC(C)(C)OC(=O)N1CCCC(NC(=O)c2ccccc2O[Si](C)(C)C(C)(C)C)(OC(=O)c2cccc(Oc3ccccc3)c2)CC1. The van der Waals surface area contributed by atoms with Gasteiger partial charge in [0, 0.05) is 25.9 Å². The molecule has 47 heavy (non-hydrogen) atoms. The molecule has 0 saturated carbocycles. The summed E-state index contributed by atoms with van der Waals surface area (Å²) in [5.74, 6) is 0.524. The molecule has 252 valence electrons. The number of hydrogen-bond donors (Lipinski definition) is 1. The van der Waals surface area contributed by atoms with E-state index in [0.29, 0.717) is 35.8 Å². The zero-order chi connectivity index (χ0) is 34.5. The molecule has 0 aromatic heterocycles. The minimum absolute atomic E-state index is 0.0848. The summed E-state index contributed by atoms with van der Waals surface area (Å²) in [4.78, 5) is 42.4. The highest BCUT2D eigenvalue weighted by atomic mass is 28.4. The first kappa shape index (κ1) is 35.5. The molecule has 1 heterocycles. The van der Waals surface area contributed by atoms with Gasteiger partial charge in [-0.05, 0) is 87.8 Å². The van der Waals surface area contributed by atoms with Crippen molar-refractivity contribution in [3.63, 3.8) is 0 Å². The van der Waals surface area contributed by atoms with Gasteiger partial charge in [0.2, 0.25) is 0 Å². The third kappa shape index (κ3) is 9.60. The largest absolute Gasteiger partial charge is 0.543 e. The molecule has 4 rings (SSSR count). The molecular weight excluding hydrogens is 613 g/mol. The molecule has 1 aliphatic rings. The number of esters is 1. The van der Waals surface area contributed by atoms with Crippen molar-refractivity contribution < 1.29 is 33.0 Å². The minimum atomic E-state index is -2.28. The van der Waals surface area contributed by atoms with E-state index in [9.17, 15) is 14.4 Å². The lowest BCUT2D eigenvalue weighted by Crippen LogP contribution is -2.52. The second kappa shape index (κ2) is 14.2. The van der Waals surface area contributed by atoms with Gasteiger partial charge in [-0.1, -0.05) is 57.2 Å². The van der Waals surface area contributed by atoms with Gasteiger partial charge in [-0.25, -0.2) is 9.59 Å². The lowest BCUT2D eigenvalue weighted by atomic mass is 10.0. The molecule has 1 unspecified atom stereocenters. The molecule has 3 aromatic carbocycles. The molecule has 0 spiro atoms. The van der Waals surface area contributed by atoms with E-state index >= 15 is 0 Å². The van der Waals surface area contributed by atoms with Gasteiger partial charge >= 0.3 is 12.1 Å². The van der Waals surface area contributed by atoms with Crippen molar-refractivity contribution in [1.29, 1.82) is 0 Å². The zero-order valence-electron chi connectivity index (χ0n) is 28.8. The Morgan fingerprint density at radius 1 is 0.809 bits per heavy atom. The summed E-state index contributed by atoms with van der Waals surface area (Å²) in [7, 11) is -2.28. The van der Waals surface area contributed by atoms with E-state index in [1.165, 1.54) is 0 Å². The zero-order valence-corrected chi connectivity index (χ0v) is 29.8. The van der Waals surface area contributed by atoms with Crippen LogP contribution in [0, 0.1) is 0 Å². The predicted octanol–water partition coefficient (Wildman–Crippen LogP) is 8.57. The Hall–Kier alpha value is -4.31. The number of ether oxygens (including phenoxy) is 3. The molecule has 3 aromatic rings. The second-order valence-electron chi connectivity index (χ2n) is 14.5. The fraction of sp³-hybridized carbons (Fsp3) is 0.432. The van der Waals surface area contributed by atoms with Crippen molar-refractivity contribution in [2.45, 2.75) is 90.3 Å². The van der Waals surface area contributed by atoms with Crippen LogP contribution < -0.4 is 14.5 Å². The van der Waals surface area contributed by atoms with Crippen molar-refractivity contribution >= 4 is 26.3 Å². The van der Waals surface area contributed by atoms with Crippen LogP contribution in [0.4, 0.5) is 4.79 Å². The first-order chi connectivity index (χ1) is 22.0. The maximum Gasteiger partial charge on any atom is 0.410 e. The van der Waals surface area contributed by atoms with Gasteiger partial charge in [-0.15, -0.1) is 0 Å². The molecular formula is C37H48N2O7Si. The number of para-hydroxylation sites is 2. The third-order valence-electron chi connectivity index (χ3n) is 8.43. The van der Waals surface area contributed by atoms with E-state index in [-0.39, 0.29) is 30.0 Å². The highest BCUT2D eigenvalue weighted by Gasteiger charge is 2.42. The van der Waals surface area contributed by atoms with Gasteiger partial charge in [0.1, 0.15) is 22.8 Å². The number of likely N-dealkylation sites (tertiary alicyclic amines) is 1. The Labute approximate surface area is 279 Å². The van der Waals surface area contributed by atoms with E-state index < -0.39 is 37.6 Å². The van der Waals surface area contributed by atoms with Gasteiger partial charge in [-0.2, -0.15) is 0 Å². The molecule has 1 atom stereocenters. The number of hydrogen-bond acceptors (Lipinski definition) is 7. The summed E-state index contributed by atoms with van der Waals surface area (Å²) in [5.41, 5.74) is -1.46. The van der Waals surface area contributed by atoms with E-state index in [4.69, 9.17) is 18.6 Å². The summed E-state index contributed by atoms with van der Waals surface area (Å²) >= 11 is 0. The quantitative estimate of drug-likeness (QED) is 0.147. The fourth-order valence-electron chi connectivity index (χ4n) is 4.86. The number of amides is 2. The Kier molecular flexibility index (Phi) is 10.7. The van der Waals surface area contributed by atoms with Crippen LogP contribution in [0.15, 0.2) is 78.9 Å². The molecule has 1 aliphatic heterocycles. The van der Waals surface area contributed by atoms with E-state index in [1.54, 1.807) is 47.4 Å². The van der Waals surface area contributed by atoms with Crippen LogP contribution in [0.25, 0.3) is 0 Å². The number of rotatable bonds is 8. The standard InChI is InChI=1S/C37H48N2O7Si/c1-35(2,3)45-34(42)39-24-15-22-37(23-25-39,38-32(40)30-20-12-13-21-31(30)46-47(7,8)36(4,5)6)44-33(41)27-16-14-19-29(26-27)43-28-17-10-9-11-18-28/h9-14,16-21,26H,15,22-25H2,1-8H3,(H,38,40). The molecule has 1 fully saturated rings. The molecule has 1 N–H and O–H groups in total. The Balaban J connectivity index is 1.62. The molecule has 0 aliphatic carbocycles. The Morgan fingerprint density at radius 3 is 2.15 bits per heavy atom. The van der Waals surface area contributed by atoms with Gasteiger partial charge in [0.15, 0.2) is 5.72 Å². The Morgan fingerprint density at radius 2 is 1.47 bits per heavy atom. The number of carbonyl (C=O) groups is 3. The summed E-state index contributed by atoms with van der Waals surface area (Å²) < 4.78 is 24.3. The number of carbonyl (C=O) groups excluding carboxylic acids is 3. The molecule has 1 saturated heterocycles. The number of benzene rings is 3. The van der Waals surface area contributed by atoms with Gasteiger partial charge in [-0.3, -0.25) is 4.79 Å². The van der Waals surface area contributed by atoms with Crippen molar-refractivity contribution in [3.05, 3.63) is 90.0 Å². The fourth-order valence-corrected chi connectivity index (χ4v) is 5.90. The number of nitrogens with zero attached hydrogens (tertiary/aromatic N) is 1. The average Bonchev–Trinajstić information content (AvgIpc) is 3.19. The van der Waals surface area contributed by atoms with Gasteiger partial charge < -0.3 is 28.9 Å². The topological polar surface area (TPSA) is 103 Å². The van der Waals surface area contributed by atoms with E-state index in [0.717, 1.165) is 0 Å². The highest BCUT2D eigenvalue weighted by Crippen LogP contribution is 2.38. The lowest BCUT2D eigenvalue weighted by molar-refractivity contribution is -0.0411. The second-order valence-corrected chi connectivity index (χ2v) is 19.2. The Bertz CT molecular complexity index is 1560. The molecule has 10 heteroatoms. The van der Waals surface area contributed by atoms with Crippen molar-refractivity contribution in [2.75, 3.05) is 13.1 Å². The van der Waals surface area contributed by atoms with E-state index in [1.807, 2.05) is 57.2 Å². The third-order valence-corrected chi connectivity index (χ3v) is 12.8.